The topological polar surface area (TPSA) is 89.5 Å². The molecule has 1 fully saturated rings. The number of thiazole rings is 1. The van der Waals surface area contributed by atoms with Gasteiger partial charge in [0.2, 0.25) is 5.91 Å². The van der Waals surface area contributed by atoms with Crippen LogP contribution in [-0.2, 0) is 22.7 Å². The van der Waals surface area contributed by atoms with Crippen molar-refractivity contribution in [3.05, 3.63) is 81.8 Å². The quantitative estimate of drug-likeness (QED) is 0.437. The first-order chi connectivity index (χ1) is 17.1. The first-order valence-corrected chi connectivity index (χ1v) is 12.8. The Labute approximate surface area is 209 Å². The summed E-state index contributed by atoms with van der Waals surface area (Å²) < 4.78 is 11.3. The van der Waals surface area contributed by atoms with Gasteiger partial charge in [0.1, 0.15) is 29.7 Å². The fourth-order valence-corrected chi connectivity index (χ4v) is 4.75. The van der Waals surface area contributed by atoms with Gasteiger partial charge in [-0.1, -0.05) is 60.9 Å². The Kier molecular flexibility index (Phi) is 8.86. The maximum Gasteiger partial charge on any atom is 0.271 e. The van der Waals surface area contributed by atoms with Gasteiger partial charge in [-0.25, -0.2) is 4.98 Å². The zero-order chi connectivity index (χ0) is 24.5. The minimum atomic E-state index is -0.227. The molecule has 1 saturated carbocycles. The number of nitrogens with zero attached hydrogens (tertiary/aromatic N) is 1. The van der Waals surface area contributed by atoms with Gasteiger partial charge in [-0.15, -0.1) is 11.3 Å². The summed E-state index contributed by atoms with van der Waals surface area (Å²) >= 11 is 1.40. The van der Waals surface area contributed by atoms with Crippen LogP contribution in [0.2, 0.25) is 0 Å². The Morgan fingerprint density at radius 3 is 2.43 bits per heavy atom. The second kappa shape index (κ2) is 12.5. The van der Waals surface area contributed by atoms with Crippen molar-refractivity contribution >= 4 is 23.2 Å². The Balaban J connectivity index is 1.24. The maximum atomic E-state index is 12.9. The largest absolute Gasteiger partial charge is 0.486 e. The van der Waals surface area contributed by atoms with Crippen molar-refractivity contribution in [2.75, 3.05) is 6.61 Å². The molecule has 2 atom stereocenters. The SMILES string of the molecule is Cc1ccc(OCc2nc(C(=O)N[C@H]3CCCC[C@H]3NC(=O)COCc3ccccc3)cs2)cc1. The van der Waals surface area contributed by atoms with Gasteiger partial charge >= 0.3 is 0 Å². The van der Waals surface area contributed by atoms with Crippen molar-refractivity contribution in [3.63, 3.8) is 0 Å². The van der Waals surface area contributed by atoms with Crippen molar-refractivity contribution in [1.29, 1.82) is 0 Å². The Morgan fingerprint density at radius 2 is 1.69 bits per heavy atom. The van der Waals surface area contributed by atoms with Gasteiger partial charge in [-0.3, -0.25) is 9.59 Å². The summed E-state index contributed by atoms with van der Waals surface area (Å²) in [7, 11) is 0. The molecule has 1 aromatic heterocycles. The Morgan fingerprint density at radius 1 is 0.971 bits per heavy atom. The van der Waals surface area contributed by atoms with Gasteiger partial charge in [-0.2, -0.15) is 0 Å². The van der Waals surface area contributed by atoms with E-state index in [0.717, 1.165) is 42.0 Å². The number of nitrogens with one attached hydrogen (secondary N) is 2. The van der Waals surface area contributed by atoms with E-state index in [4.69, 9.17) is 9.47 Å². The molecule has 0 saturated heterocycles. The summed E-state index contributed by atoms with van der Waals surface area (Å²) in [5.74, 6) is 0.371. The lowest BCUT2D eigenvalue weighted by atomic mass is 9.90. The van der Waals surface area contributed by atoms with Crippen LogP contribution < -0.4 is 15.4 Å². The number of carbonyl (C=O) groups is 2. The van der Waals surface area contributed by atoms with E-state index in [-0.39, 0.29) is 30.5 Å². The van der Waals surface area contributed by atoms with E-state index in [1.54, 1.807) is 5.38 Å². The van der Waals surface area contributed by atoms with Crippen LogP contribution in [0.15, 0.2) is 60.0 Å². The molecular weight excluding hydrogens is 462 g/mol. The highest BCUT2D eigenvalue weighted by molar-refractivity contribution is 7.09. The van der Waals surface area contributed by atoms with Gasteiger partial charge in [0, 0.05) is 17.5 Å². The predicted molar refractivity (Wildman–Crippen MR) is 135 cm³/mol. The number of carbonyl (C=O) groups excluding carboxylic acids is 2. The van der Waals surface area contributed by atoms with Gasteiger partial charge in [-0.05, 0) is 37.5 Å². The second-order valence-corrected chi connectivity index (χ2v) is 9.69. The zero-order valence-corrected chi connectivity index (χ0v) is 20.7. The molecule has 3 aromatic rings. The minimum Gasteiger partial charge on any atom is -0.486 e. The van der Waals surface area contributed by atoms with E-state index in [1.807, 2.05) is 61.5 Å². The summed E-state index contributed by atoms with van der Waals surface area (Å²) in [6.07, 6.45) is 3.66. The average Bonchev–Trinajstić information content (AvgIpc) is 3.35. The molecule has 2 aromatic carbocycles. The number of benzene rings is 2. The third kappa shape index (κ3) is 7.63. The van der Waals surface area contributed by atoms with Crippen LogP contribution in [0.4, 0.5) is 0 Å². The summed E-state index contributed by atoms with van der Waals surface area (Å²) in [5, 5.41) is 8.60. The molecule has 2 N–H and O–H groups in total. The summed E-state index contributed by atoms with van der Waals surface area (Å²) in [5.41, 5.74) is 2.57. The van der Waals surface area contributed by atoms with Crippen molar-refractivity contribution in [1.82, 2.24) is 15.6 Å². The molecule has 0 aliphatic heterocycles. The van der Waals surface area contributed by atoms with Crippen molar-refractivity contribution in [2.24, 2.45) is 0 Å². The van der Waals surface area contributed by atoms with E-state index in [2.05, 4.69) is 15.6 Å². The highest BCUT2D eigenvalue weighted by atomic mass is 32.1. The summed E-state index contributed by atoms with van der Waals surface area (Å²) in [6, 6.07) is 17.3. The Bertz CT molecular complexity index is 1100. The van der Waals surface area contributed by atoms with Crippen LogP contribution in [0, 0.1) is 6.92 Å². The van der Waals surface area contributed by atoms with Crippen LogP contribution >= 0.6 is 11.3 Å². The van der Waals surface area contributed by atoms with E-state index in [0.29, 0.717) is 18.9 Å². The van der Waals surface area contributed by atoms with Crippen LogP contribution in [-0.4, -0.2) is 35.5 Å². The molecule has 0 spiro atoms. The van der Waals surface area contributed by atoms with Crippen LogP contribution in [0.1, 0.15) is 52.3 Å². The van der Waals surface area contributed by atoms with Gasteiger partial charge < -0.3 is 20.1 Å². The van der Waals surface area contributed by atoms with E-state index >= 15 is 0 Å². The summed E-state index contributed by atoms with van der Waals surface area (Å²) in [4.78, 5) is 29.7. The fraction of sp³-hybridized carbons (Fsp3) is 0.370. The van der Waals surface area contributed by atoms with E-state index in [9.17, 15) is 9.59 Å². The first-order valence-electron chi connectivity index (χ1n) is 11.9. The number of rotatable bonds is 10. The third-order valence-electron chi connectivity index (χ3n) is 5.94. The number of aryl methyl sites for hydroxylation is 1. The minimum absolute atomic E-state index is 0.0114. The highest BCUT2D eigenvalue weighted by Gasteiger charge is 2.28. The number of amides is 2. The van der Waals surface area contributed by atoms with Crippen molar-refractivity contribution < 1.29 is 19.1 Å². The lowest BCUT2D eigenvalue weighted by Gasteiger charge is -2.32. The van der Waals surface area contributed by atoms with Crippen molar-refractivity contribution in [2.45, 2.75) is 57.9 Å². The Hall–Kier alpha value is -3.23. The number of hydrogen-bond acceptors (Lipinski definition) is 6. The molecule has 1 heterocycles. The normalized spacial score (nSPS) is 17.5. The maximum absolute atomic E-state index is 12.9. The number of ether oxygens (including phenoxy) is 2. The number of hydrogen-bond donors (Lipinski definition) is 2. The number of aromatic nitrogens is 1. The molecule has 1 aliphatic carbocycles. The van der Waals surface area contributed by atoms with E-state index < -0.39 is 0 Å². The molecule has 2 amide bonds. The molecule has 184 valence electrons. The lowest BCUT2D eigenvalue weighted by molar-refractivity contribution is -0.127. The van der Waals surface area contributed by atoms with Gasteiger partial charge in [0.05, 0.1) is 6.61 Å². The lowest BCUT2D eigenvalue weighted by Crippen LogP contribution is -2.53. The zero-order valence-electron chi connectivity index (χ0n) is 19.9. The second-order valence-electron chi connectivity index (χ2n) is 8.75. The predicted octanol–water partition coefficient (Wildman–Crippen LogP) is 4.40. The molecule has 0 unspecified atom stereocenters. The van der Waals surface area contributed by atoms with Crippen LogP contribution in [0.5, 0.6) is 5.75 Å². The molecule has 0 radical (unpaired) electrons. The fourth-order valence-electron chi connectivity index (χ4n) is 4.06. The average molecular weight is 494 g/mol. The van der Waals surface area contributed by atoms with E-state index in [1.165, 1.54) is 16.9 Å². The third-order valence-corrected chi connectivity index (χ3v) is 6.76. The van der Waals surface area contributed by atoms with Gasteiger partial charge in [0.25, 0.3) is 5.91 Å². The molecule has 0 bridgehead atoms. The molecular formula is C27H31N3O4S. The monoisotopic (exact) mass is 493 g/mol. The molecule has 1 aliphatic rings. The standard InChI is InChI=1S/C27H31N3O4S/c1-19-11-13-21(14-12-19)34-17-26-29-24(18-35-26)27(32)30-23-10-6-5-9-22(23)28-25(31)16-33-15-20-7-3-2-4-8-20/h2-4,7-8,11-14,18,22-23H,5-6,9-10,15-17H2,1H3,(H,28,31)(H,30,32)/t22-,23+/m1/s1. The summed E-state index contributed by atoms with van der Waals surface area (Å²) in [6.45, 7) is 2.71. The molecule has 4 rings (SSSR count). The van der Waals surface area contributed by atoms with Crippen LogP contribution in [0.3, 0.4) is 0 Å². The molecule has 8 heteroatoms. The molecule has 35 heavy (non-hydrogen) atoms. The van der Waals surface area contributed by atoms with Gasteiger partial charge in [0.15, 0.2) is 0 Å². The van der Waals surface area contributed by atoms with Crippen LogP contribution in [0.25, 0.3) is 0 Å². The highest BCUT2D eigenvalue weighted by Crippen LogP contribution is 2.20. The van der Waals surface area contributed by atoms with Crippen molar-refractivity contribution in [3.8, 4) is 5.75 Å². The smallest absolute Gasteiger partial charge is 0.271 e. The molecule has 7 nitrogen and oxygen atoms in total. The first kappa shape index (κ1) is 24.9.